The molecule has 0 aromatic heterocycles. The maximum absolute atomic E-state index is 10.6. The zero-order valence-electron chi connectivity index (χ0n) is 16.5. The molecule has 152 valence electrons. The highest BCUT2D eigenvalue weighted by Gasteiger charge is 2.14. The molecule has 0 saturated carbocycles. The summed E-state index contributed by atoms with van der Waals surface area (Å²) in [6, 6.07) is 25.4. The van der Waals surface area contributed by atoms with Crippen molar-refractivity contribution in [2.75, 3.05) is 20.3 Å². The van der Waals surface area contributed by atoms with Gasteiger partial charge in [-0.1, -0.05) is 54.1 Å². The number of aliphatic hydroxyl groups excluding tert-OH is 1. The van der Waals surface area contributed by atoms with Gasteiger partial charge in [-0.05, 0) is 47.5 Å². The first-order valence-electron chi connectivity index (χ1n) is 9.58. The topological polar surface area (TPSA) is 41.9 Å². The van der Waals surface area contributed by atoms with Gasteiger partial charge in [0, 0.05) is 24.7 Å². The molecule has 0 amide bonds. The van der Waals surface area contributed by atoms with E-state index >= 15 is 0 Å². The Morgan fingerprint density at radius 1 is 0.862 bits per heavy atom. The van der Waals surface area contributed by atoms with Gasteiger partial charge < -0.3 is 14.6 Å². The van der Waals surface area contributed by atoms with Crippen LogP contribution in [0, 0.1) is 0 Å². The summed E-state index contributed by atoms with van der Waals surface area (Å²) < 4.78 is 11.0. The maximum Gasteiger partial charge on any atom is 0.119 e. The SMILES string of the molecule is COc1cccc(CN(Cc2ccccc2)C[C@@H](O)COc2ccc(Cl)cc2)c1. The Balaban J connectivity index is 1.63. The smallest absolute Gasteiger partial charge is 0.119 e. The number of aliphatic hydroxyl groups is 1. The summed E-state index contributed by atoms with van der Waals surface area (Å²) in [6.45, 7) is 2.13. The predicted octanol–water partition coefficient (Wildman–Crippen LogP) is 4.79. The van der Waals surface area contributed by atoms with Gasteiger partial charge in [0.1, 0.15) is 24.2 Å². The van der Waals surface area contributed by atoms with Gasteiger partial charge in [-0.15, -0.1) is 0 Å². The molecular formula is C24H26ClNO3. The van der Waals surface area contributed by atoms with Crippen LogP contribution < -0.4 is 9.47 Å². The van der Waals surface area contributed by atoms with E-state index in [2.05, 4.69) is 23.1 Å². The average Bonchev–Trinajstić information content (AvgIpc) is 2.74. The fourth-order valence-corrected chi connectivity index (χ4v) is 3.26. The summed E-state index contributed by atoms with van der Waals surface area (Å²) in [6.07, 6.45) is -0.625. The van der Waals surface area contributed by atoms with Crippen LogP contribution in [0.25, 0.3) is 0 Å². The van der Waals surface area contributed by atoms with Gasteiger partial charge in [-0.2, -0.15) is 0 Å². The van der Waals surface area contributed by atoms with Gasteiger partial charge in [-0.3, -0.25) is 4.90 Å². The lowest BCUT2D eigenvalue weighted by Crippen LogP contribution is -2.35. The lowest BCUT2D eigenvalue weighted by atomic mass is 10.1. The van der Waals surface area contributed by atoms with Crippen LogP contribution in [-0.2, 0) is 13.1 Å². The zero-order chi connectivity index (χ0) is 20.5. The zero-order valence-corrected chi connectivity index (χ0v) is 17.3. The molecule has 0 aliphatic rings. The third-order valence-electron chi connectivity index (χ3n) is 4.51. The molecule has 3 aromatic carbocycles. The van der Waals surface area contributed by atoms with E-state index in [1.54, 1.807) is 31.4 Å². The van der Waals surface area contributed by atoms with Crippen LogP contribution in [-0.4, -0.2) is 36.4 Å². The Labute approximate surface area is 177 Å². The third-order valence-corrected chi connectivity index (χ3v) is 4.77. The average molecular weight is 412 g/mol. The minimum Gasteiger partial charge on any atom is -0.497 e. The number of halogens is 1. The second-order valence-corrected chi connectivity index (χ2v) is 7.36. The summed E-state index contributed by atoms with van der Waals surface area (Å²) >= 11 is 5.90. The highest BCUT2D eigenvalue weighted by atomic mass is 35.5. The Bertz CT molecular complexity index is 871. The van der Waals surface area contributed by atoms with Crippen molar-refractivity contribution in [3.8, 4) is 11.5 Å². The molecule has 3 aromatic rings. The number of ether oxygens (including phenoxy) is 2. The van der Waals surface area contributed by atoms with Crippen molar-refractivity contribution in [1.82, 2.24) is 4.90 Å². The van der Waals surface area contributed by atoms with Crippen LogP contribution in [0.3, 0.4) is 0 Å². The van der Waals surface area contributed by atoms with Crippen molar-refractivity contribution < 1.29 is 14.6 Å². The second kappa shape index (κ2) is 10.9. The van der Waals surface area contributed by atoms with Gasteiger partial charge in [0.15, 0.2) is 0 Å². The molecule has 0 spiro atoms. The molecule has 3 rings (SSSR count). The number of hydrogen-bond acceptors (Lipinski definition) is 4. The molecule has 0 aliphatic heterocycles. The van der Waals surface area contributed by atoms with E-state index in [1.165, 1.54) is 5.56 Å². The normalized spacial score (nSPS) is 12.0. The van der Waals surface area contributed by atoms with Gasteiger partial charge in [0.25, 0.3) is 0 Å². The minimum absolute atomic E-state index is 0.213. The Morgan fingerprint density at radius 3 is 2.28 bits per heavy atom. The lowest BCUT2D eigenvalue weighted by Gasteiger charge is -2.25. The van der Waals surface area contributed by atoms with E-state index in [0.717, 1.165) is 17.9 Å². The number of methoxy groups -OCH3 is 1. The molecule has 0 saturated heterocycles. The fourth-order valence-electron chi connectivity index (χ4n) is 3.13. The van der Waals surface area contributed by atoms with Crippen molar-refractivity contribution in [1.29, 1.82) is 0 Å². The number of hydrogen-bond donors (Lipinski definition) is 1. The van der Waals surface area contributed by atoms with E-state index in [1.807, 2.05) is 36.4 Å². The monoisotopic (exact) mass is 411 g/mol. The second-order valence-electron chi connectivity index (χ2n) is 6.93. The Kier molecular flexibility index (Phi) is 7.94. The van der Waals surface area contributed by atoms with E-state index in [0.29, 0.717) is 23.9 Å². The van der Waals surface area contributed by atoms with Crippen LogP contribution in [0.1, 0.15) is 11.1 Å². The van der Waals surface area contributed by atoms with E-state index in [4.69, 9.17) is 21.1 Å². The molecule has 0 fully saturated rings. The van der Waals surface area contributed by atoms with Crippen molar-refractivity contribution in [2.24, 2.45) is 0 Å². The molecule has 0 radical (unpaired) electrons. The largest absolute Gasteiger partial charge is 0.497 e. The standard InChI is InChI=1S/C24H26ClNO3/c1-28-24-9-5-8-20(14-24)16-26(15-19-6-3-2-4-7-19)17-22(27)18-29-23-12-10-21(25)11-13-23/h2-14,22,27H,15-18H2,1H3/t22-/m1/s1. The minimum atomic E-state index is -0.625. The summed E-state index contributed by atoms with van der Waals surface area (Å²) in [5.41, 5.74) is 2.33. The molecular weight excluding hydrogens is 386 g/mol. The molecule has 29 heavy (non-hydrogen) atoms. The van der Waals surface area contributed by atoms with Crippen LogP contribution in [0.15, 0.2) is 78.9 Å². The molecule has 0 unspecified atom stereocenters. The van der Waals surface area contributed by atoms with Crippen molar-refractivity contribution >= 4 is 11.6 Å². The Morgan fingerprint density at radius 2 is 1.55 bits per heavy atom. The fraction of sp³-hybridized carbons (Fsp3) is 0.250. The highest BCUT2D eigenvalue weighted by Crippen LogP contribution is 2.18. The van der Waals surface area contributed by atoms with Crippen molar-refractivity contribution in [3.63, 3.8) is 0 Å². The van der Waals surface area contributed by atoms with Gasteiger partial charge in [-0.25, -0.2) is 0 Å². The van der Waals surface area contributed by atoms with Crippen LogP contribution in [0.4, 0.5) is 0 Å². The van der Waals surface area contributed by atoms with Gasteiger partial charge in [0.2, 0.25) is 0 Å². The molecule has 1 N–H and O–H groups in total. The van der Waals surface area contributed by atoms with Crippen molar-refractivity contribution in [2.45, 2.75) is 19.2 Å². The van der Waals surface area contributed by atoms with Gasteiger partial charge >= 0.3 is 0 Å². The summed E-state index contributed by atoms with van der Waals surface area (Å²) in [5, 5.41) is 11.2. The first-order valence-corrected chi connectivity index (χ1v) is 9.96. The molecule has 0 heterocycles. The first-order chi connectivity index (χ1) is 14.1. The van der Waals surface area contributed by atoms with E-state index in [9.17, 15) is 5.11 Å². The molecule has 4 nitrogen and oxygen atoms in total. The molecule has 1 atom stereocenters. The van der Waals surface area contributed by atoms with Gasteiger partial charge in [0.05, 0.1) is 7.11 Å². The number of rotatable bonds is 10. The molecule has 0 aliphatic carbocycles. The summed E-state index contributed by atoms with van der Waals surface area (Å²) in [7, 11) is 1.67. The summed E-state index contributed by atoms with van der Waals surface area (Å²) in [4.78, 5) is 2.21. The highest BCUT2D eigenvalue weighted by molar-refractivity contribution is 6.30. The number of benzene rings is 3. The lowest BCUT2D eigenvalue weighted by molar-refractivity contribution is 0.0628. The quantitative estimate of drug-likeness (QED) is 0.520. The molecule has 0 bridgehead atoms. The Hall–Kier alpha value is -2.53. The first kappa shape index (κ1) is 21.2. The van der Waals surface area contributed by atoms with Crippen LogP contribution in [0.5, 0.6) is 11.5 Å². The number of nitrogens with zero attached hydrogens (tertiary/aromatic N) is 1. The van der Waals surface area contributed by atoms with Crippen molar-refractivity contribution in [3.05, 3.63) is 95.0 Å². The molecule has 5 heteroatoms. The maximum atomic E-state index is 10.6. The van der Waals surface area contributed by atoms with E-state index < -0.39 is 6.10 Å². The predicted molar refractivity (Wildman–Crippen MR) is 117 cm³/mol. The van der Waals surface area contributed by atoms with Crippen LogP contribution >= 0.6 is 11.6 Å². The van der Waals surface area contributed by atoms with E-state index in [-0.39, 0.29) is 6.61 Å². The summed E-state index contributed by atoms with van der Waals surface area (Å²) in [5.74, 6) is 1.52. The van der Waals surface area contributed by atoms with Crippen LogP contribution in [0.2, 0.25) is 5.02 Å². The third kappa shape index (κ3) is 7.09.